The van der Waals surface area contributed by atoms with Crippen LogP contribution in [0.25, 0.3) is 33.1 Å². The topological polar surface area (TPSA) is 61.8 Å². The molecule has 5 rings (SSSR count). The van der Waals surface area contributed by atoms with Gasteiger partial charge in [-0.05, 0) is 103 Å². The van der Waals surface area contributed by atoms with Crippen molar-refractivity contribution >= 4 is 44.4 Å². The van der Waals surface area contributed by atoms with Crippen molar-refractivity contribution in [3.8, 4) is 17.0 Å². The molecule has 0 radical (unpaired) electrons. The van der Waals surface area contributed by atoms with Crippen LogP contribution in [-0.4, -0.2) is 20.3 Å². The highest BCUT2D eigenvalue weighted by Gasteiger charge is 2.22. The molecule has 4 nitrogen and oxygen atoms in total. The van der Waals surface area contributed by atoms with Crippen LogP contribution >= 0.6 is 22.6 Å². The number of phenolic OH excluding ortho intramolecular Hbond substituents is 1. The number of fused-ring (bicyclic) bond motifs is 5. The molecule has 2 aromatic heterocycles. The van der Waals surface area contributed by atoms with Crippen LogP contribution in [0.15, 0.2) is 24.3 Å². The second-order valence-electron chi connectivity index (χ2n) is 7.45. The van der Waals surface area contributed by atoms with Crippen LogP contribution in [0.4, 0.5) is 0 Å². The fraction of sp³-hybridized carbons (Fsp3) is 0.273. The van der Waals surface area contributed by atoms with Crippen molar-refractivity contribution in [2.24, 2.45) is 0 Å². The van der Waals surface area contributed by atoms with Crippen molar-refractivity contribution in [3.63, 3.8) is 0 Å². The SMILES string of the molecule is Cc1cc(-c2nc3ccc4n[nH]c(C)c4c3c3c2CCCC3)cc(I)c1O. The molecule has 0 amide bonds. The maximum absolute atomic E-state index is 10.2. The third-order valence-corrected chi connectivity index (χ3v) is 6.52. The van der Waals surface area contributed by atoms with Gasteiger partial charge in [0.1, 0.15) is 5.75 Å². The van der Waals surface area contributed by atoms with Gasteiger partial charge in [-0.3, -0.25) is 5.10 Å². The van der Waals surface area contributed by atoms with Crippen LogP contribution in [0, 0.1) is 17.4 Å². The maximum atomic E-state index is 10.2. The van der Waals surface area contributed by atoms with Crippen LogP contribution < -0.4 is 0 Å². The van der Waals surface area contributed by atoms with Gasteiger partial charge in [0, 0.05) is 22.0 Å². The first-order chi connectivity index (χ1) is 13.0. The predicted octanol–water partition coefficient (Wildman–Crippen LogP) is 5.58. The molecule has 136 valence electrons. The highest BCUT2D eigenvalue weighted by molar-refractivity contribution is 14.1. The zero-order valence-electron chi connectivity index (χ0n) is 15.4. The summed E-state index contributed by atoms with van der Waals surface area (Å²) in [4.78, 5) is 5.11. The van der Waals surface area contributed by atoms with Gasteiger partial charge >= 0.3 is 0 Å². The zero-order valence-corrected chi connectivity index (χ0v) is 17.5. The van der Waals surface area contributed by atoms with E-state index in [0.717, 1.165) is 50.0 Å². The normalized spacial score (nSPS) is 14.0. The molecule has 0 spiro atoms. The quantitative estimate of drug-likeness (QED) is 0.358. The summed E-state index contributed by atoms with van der Waals surface area (Å²) in [7, 11) is 0. The number of rotatable bonds is 1. The van der Waals surface area contributed by atoms with E-state index in [9.17, 15) is 5.11 Å². The maximum Gasteiger partial charge on any atom is 0.131 e. The van der Waals surface area contributed by atoms with Gasteiger partial charge in [-0.2, -0.15) is 5.10 Å². The third kappa shape index (κ3) is 2.55. The number of nitrogens with one attached hydrogen (secondary N) is 1. The number of aromatic nitrogens is 3. The number of pyridine rings is 1. The van der Waals surface area contributed by atoms with Gasteiger partial charge in [0.25, 0.3) is 0 Å². The second-order valence-corrected chi connectivity index (χ2v) is 8.61. The third-order valence-electron chi connectivity index (χ3n) is 5.70. The molecule has 5 heteroatoms. The van der Waals surface area contributed by atoms with E-state index in [0.29, 0.717) is 5.75 Å². The summed E-state index contributed by atoms with van der Waals surface area (Å²) in [6, 6.07) is 8.25. The first kappa shape index (κ1) is 17.0. The molecule has 27 heavy (non-hydrogen) atoms. The molecule has 0 unspecified atom stereocenters. The summed E-state index contributed by atoms with van der Waals surface area (Å²) in [5.41, 5.74) is 9.00. The molecule has 4 aromatic rings. The van der Waals surface area contributed by atoms with Crippen molar-refractivity contribution < 1.29 is 5.11 Å². The minimum absolute atomic E-state index is 0.365. The molecule has 0 saturated heterocycles. The Morgan fingerprint density at radius 3 is 2.52 bits per heavy atom. The molecule has 0 saturated carbocycles. The minimum atomic E-state index is 0.365. The first-order valence-electron chi connectivity index (χ1n) is 9.33. The van der Waals surface area contributed by atoms with Gasteiger partial charge in [0.05, 0.1) is 20.3 Å². The van der Waals surface area contributed by atoms with E-state index in [-0.39, 0.29) is 0 Å². The van der Waals surface area contributed by atoms with E-state index >= 15 is 0 Å². The highest BCUT2D eigenvalue weighted by Crippen LogP contribution is 2.40. The Balaban J connectivity index is 1.90. The Kier molecular flexibility index (Phi) is 3.89. The van der Waals surface area contributed by atoms with Crippen LogP contribution in [0.5, 0.6) is 5.75 Å². The van der Waals surface area contributed by atoms with Crippen molar-refractivity contribution in [3.05, 3.63) is 50.2 Å². The van der Waals surface area contributed by atoms with Crippen LogP contribution in [-0.2, 0) is 12.8 Å². The number of hydrogen-bond donors (Lipinski definition) is 2. The molecule has 2 heterocycles. The van der Waals surface area contributed by atoms with Gasteiger partial charge in [-0.15, -0.1) is 0 Å². The number of aromatic amines is 1. The fourth-order valence-electron chi connectivity index (χ4n) is 4.39. The van der Waals surface area contributed by atoms with Crippen LogP contribution in [0.1, 0.15) is 35.2 Å². The number of H-pyrrole nitrogens is 1. The van der Waals surface area contributed by atoms with Gasteiger partial charge in [-0.1, -0.05) is 0 Å². The lowest BCUT2D eigenvalue weighted by atomic mass is 9.85. The Morgan fingerprint density at radius 2 is 1.74 bits per heavy atom. The van der Waals surface area contributed by atoms with Gasteiger partial charge in [0.2, 0.25) is 0 Å². The molecule has 1 aliphatic carbocycles. The Bertz CT molecular complexity index is 1200. The summed E-state index contributed by atoms with van der Waals surface area (Å²) in [6.45, 7) is 4.04. The average molecular weight is 469 g/mol. The summed E-state index contributed by atoms with van der Waals surface area (Å²) >= 11 is 2.20. The average Bonchev–Trinajstić information content (AvgIpc) is 3.06. The molecule has 2 aromatic carbocycles. The van der Waals surface area contributed by atoms with E-state index in [2.05, 4.69) is 57.9 Å². The monoisotopic (exact) mass is 469 g/mol. The molecule has 1 aliphatic rings. The summed E-state index contributed by atoms with van der Waals surface area (Å²) < 4.78 is 0.871. The van der Waals surface area contributed by atoms with E-state index in [4.69, 9.17) is 4.98 Å². The number of hydrogen-bond acceptors (Lipinski definition) is 3. The molecule has 0 fully saturated rings. The lowest BCUT2D eigenvalue weighted by Gasteiger charge is -2.22. The van der Waals surface area contributed by atoms with Crippen molar-refractivity contribution in [2.45, 2.75) is 39.5 Å². The molecule has 0 bridgehead atoms. The van der Waals surface area contributed by atoms with Crippen molar-refractivity contribution in [1.29, 1.82) is 0 Å². The summed E-state index contributed by atoms with van der Waals surface area (Å²) in [5.74, 6) is 0.365. The number of benzene rings is 2. The summed E-state index contributed by atoms with van der Waals surface area (Å²) in [6.07, 6.45) is 4.54. The Labute approximate surface area is 171 Å². The standard InChI is InChI=1S/C22H20IN3O/c1-11-9-13(10-16(23)22(11)27)21-15-6-4-3-5-14(15)20-17(24-21)7-8-18-19(20)12(2)25-26-18/h7-10,27H,3-6H2,1-2H3,(H,25,26). The fourth-order valence-corrected chi connectivity index (χ4v) is 5.16. The van der Waals surface area contributed by atoms with E-state index in [1.807, 2.05) is 13.0 Å². The van der Waals surface area contributed by atoms with Gasteiger partial charge in [0.15, 0.2) is 0 Å². The van der Waals surface area contributed by atoms with Crippen molar-refractivity contribution in [1.82, 2.24) is 15.2 Å². The Hall–Kier alpha value is -2.15. The van der Waals surface area contributed by atoms with Gasteiger partial charge < -0.3 is 5.11 Å². The molecule has 0 aliphatic heterocycles. The van der Waals surface area contributed by atoms with Crippen LogP contribution in [0.3, 0.4) is 0 Å². The minimum Gasteiger partial charge on any atom is -0.507 e. The van der Waals surface area contributed by atoms with Gasteiger partial charge in [-0.25, -0.2) is 4.98 Å². The largest absolute Gasteiger partial charge is 0.507 e. The van der Waals surface area contributed by atoms with E-state index < -0.39 is 0 Å². The highest BCUT2D eigenvalue weighted by atomic mass is 127. The number of halogens is 1. The number of aryl methyl sites for hydroxylation is 3. The number of aromatic hydroxyl groups is 1. The van der Waals surface area contributed by atoms with Crippen molar-refractivity contribution in [2.75, 3.05) is 0 Å². The lowest BCUT2D eigenvalue weighted by Crippen LogP contribution is -2.08. The number of phenols is 1. The molecule has 2 N–H and O–H groups in total. The predicted molar refractivity (Wildman–Crippen MR) is 117 cm³/mol. The zero-order chi connectivity index (χ0) is 18.7. The van der Waals surface area contributed by atoms with E-state index in [1.165, 1.54) is 34.7 Å². The van der Waals surface area contributed by atoms with E-state index in [1.54, 1.807) is 0 Å². The summed E-state index contributed by atoms with van der Waals surface area (Å²) in [5, 5.41) is 20.2. The molecular weight excluding hydrogens is 449 g/mol. The molecule has 0 atom stereocenters. The molecular formula is C22H20IN3O. The number of nitrogens with zero attached hydrogens (tertiary/aromatic N) is 2. The first-order valence-corrected chi connectivity index (χ1v) is 10.4. The second kappa shape index (κ2) is 6.19. The van der Waals surface area contributed by atoms with Crippen LogP contribution in [0.2, 0.25) is 0 Å². The smallest absolute Gasteiger partial charge is 0.131 e. The lowest BCUT2D eigenvalue weighted by molar-refractivity contribution is 0.467. The Morgan fingerprint density at radius 1 is 1.00 bits per heavy atom.